The van der Waals surface area contributed by atoms with E-state index in [0.717, 1.165) is 38.8 Å². The highest BCUT2D eigenvalue weighted by Gasteiger charge is 2.30. The number of benzene rings is 1. The summed E-state index contributed by atoms with van der Waals surface area (Å²) in [6, 6.07) is 7.03. The molecule has 0 bridgehead atoms. The Kier molecular flexibility index (Phi) is 6.19. The highest BCUT2D eigenvalue weighted by Crippen LogP contribution is 2.22. The number of nitrogens with zero attached hydrogens (tertiary/aromatic N) is 2. The number of piperidine rings is 2. The minimum Gasteiger partial charge on any atom is -0.484 e. The van der Waals surface area contributed by atoms with E-state index in [1.165, 1.54) is 6.42 Å². The van der Waals surface area contributed by atoms with Crippen LogP contribution in [-0.4, -0.2) is 54.4 Å². The van der Waals surface area contributed by atoms with Crippen molar-refractivity contribution in [3.05, 3.63) is 29.3 Å². The summed E-state index contributed by atoms with van der Waals surface area (Å²) in [4.78, 5) is 28.7. The number of ether oxygens (including phenoxy) is 1. The largest absolute Gasteiger partial charge is 0.484 e. The summed E-state index contributed by atoms with van der Waals surface area (Å²) in [5.41, 5.74) is 0. The maximum atomic E-state index is 12.6. The van der Waals surface area contributed by atoms with E-state index in [9.17, 15) is 9.59 Å². The third-order valence-corrected chi connectivity index (χ3v) is 5.26. The van der Waals surface area contributed by atoms with Crippen LogP contribution in [0.2, 0.25) is 5.02 Å². The molecule has 0 unspecified atom stereocenters. The van der Waals surface area contributed by atoms with Crippen molar-refractivity contribution in [2.75, 3.05) is 32.8 Å². The standard InChI is InChI=1S/C19H25ClN2O3/c20-16-5-4-6-17(13-16)25-14-18(23)21-11-7-15(8-12-21)19(24)22-9-2-1-3-10-22/h4-6,13,15H,1-3,7-12,14H2. The average molecular weight is 365 g/mol. The van der Waals surface area contributed by atoms with Gasteiger partial charge < -0.3 is 14.5 Å². The van der Waals surface area contributed by atoms with Gasteiger partial charge in [0.1, 0.15) is 5.75 Å². The Bertz CT molecular complexity index is 608. The van der Waals surface area contributed by atoms with E-state index < -0.39 is 0 Å². The van der Waals surface area contributed by atoms with Crippen LogP contribution in [0.3, 0.4) is 0 Å². The summed E-state index contributed by atoms with van der Waals surface area (Å²) < 4.78 is 5.52. The maximum Gasteiger partial charge on any atom is 0.260 e. The second kappa shape index (κ2) is 8.56. The number of hydrogen-bond acceptors (Lipinski definition) is 3. The van der Waals surface area contributed by atoms with Crippen molar-refractivity contribution in [1.29, 1.82) is 0 Å². The van der Waals surface area contributed by atoms with E-state index >= 15 is 0 Å². The Hall–Kier alpha value is -1.75. The number of hydrogen-bond donors (Lipinski definition) is 0. The Balaban J connectivity index is 1.43. The molecular formula is C19H25ClN2O3. The Morgan fingerprint density at radius 3 is 2.44 bits per heavy atom. The van der Waals surface area contributed by atoms with Crippen LogP contribution in [0.4, 0.5) is 0 Å². The minimum atomic E-state index is -0.0381. The molecule has 1 aromatic rings. The molecule has 5 nitrogen and oxygen atoms in total. The van der Waals surface area contributed by atoms with Crippen LogP contribution in [-0.2, 0) is 9.59 Å². The number of carbonyl (C=O) groups excluding carboxylic acids is 2. The molecule has 0 saturated carbocycles. The monoisotopic (exact) mass is 364 g/mol. The fourth-order valence-corrected chi connectivity index (χ4v) is 3.72. The van der Waals surface area contributed by atoms with Crippen molar-refractivity contribution in [3.63, 3.8) is 0 Å². The smallest absolute Gasteiger partial charge is 0.260 e. The molecule has 6 heteroatoms. The average Bonchev–Trinajstić information content (AvgIpc) is 2.66. The fourth-order valence-electron chi connectivity index (χ4n) is 3.54. The van der Waals surface area contributed by atoms with Crippen molar-refractivity contribution in [2.24, 2.45) is 5.92 Å². The highest BCUT2D eigenvalue weighted by molar-refractivity contribution is 6.30. The lowest BCUT2D eigenvalue weighted by Gasteiger charge is -2.35. The van der Waals surface area contributed by atoms with Gasteiger partial charge in [-0.25, -0.2) is 0 Å². The van der Waals surface area contributed by atoms with Crippen LogP contribution >= 0.6 is 11.6 Å². The highest BCUT2D eigenvalue weighted by atomic mass is 35.5. The van der Waals surface area contributed by atoms with Gasteiger partial charge in [-0.05, 0) is 50.3 Å². The van der Waals surface area contributed by atoms with Gasteiger partial charge in [-0.3, -0.25) is 9.59 Å². The Morgan fingerprint density at radius 2 is 1.76 bits per heavy atom. The van der Waals surface area contributed by atoms with E-state index in [1.807, 2.05) is 4.90 Å². The zero-order chi connectivity index (χ0) is 17.6. The molecule has 0 spiro atoms. The zero-order valence-electron chi connectivity index (χ0n) is 14.5. The molecule has 136 valence electrons. The van der Waals surface area contributed by atoms with Crippen LogP contribution in [0.25, 0.3) is 0 Å². The first-order valence-electron chi connectivity index (χ1n) is 9.08. The molecule has 25 heavy (non-hydrogen) atoms. The first kappa shape index (κ1) is 18.1. The lowest BCUT2D eigenvalue weighted by Crippen LogP contribution is -2.46. The third-order valence-electron chi connectivity index (χ3n) is 5.02. The molecule has 2 saturated heterocycles. The molecule has 3 rings (SSSR count). The molecule has 2 amide bonds. The first-order valence-corrected chi connectivity index (χ1v) is 9.46. The third kappa shape index (κ3) is 4.88. The molecule has 0 radical (unpaired) electrons. The second-order valence-electron chi connectivity index (χ2n) is 6.79. The molecule has 1 aromatic carbocycles. The number of halogens is 1. The molecule has 0 aliphatic carbocycles. The lowest BCUT2D eigenvalue weighted by molar-refractivity contribution is -0.142. The minimum absolute atomic E-state index is 0.00504. The number of carbonyl (C=O) groups is 2. The van der Waals surface area contributed by atoms with E-state index in [0.29, 0.717) is 23.9 Å². The van der Waals surface area contributed by atoms with E-state index in [-0.39, 0.29) is 24.3 Å². The van der Waals surface area contributed by atoms with Crippen molar-refractivity contribution in [1.82, 2.24) is 9.80 Å². The van der Waals surface area contributed by atoms with Gasteiger partial charge in [0.15, 0.2) is 6.61 Å². The molecule has 2 aliphatic heterocycles. The van der Waals surface area contributed by atoms with Gasteiger partial charge in [-0.1, -0.05) is 17.7 Å². The predicted octanol–water partition coefficient (Wildman–Crippen LogP) is 2.97. The fraction of sp³-hybridized carbons (Fsp3) is 0.579. The molecule has 0 N–H and O–H groups in total. The van der Waals surface area contributed by atoms with Crippen LogP contribution in [0, 0.1) is 5.92 Å². The van der Waals surface area contributed by atoms with Crippen LogP contribution in [0.1, 0.15) is 32.1 Å². The van der Waals surface area contributed by atoms with Crippen LogP contribution in [0.15, 0.2) is 24.3 Å². The summed E-state index contributed by atoms with van der Waals surface area (Å²) in [7, 11) is 0. The molecule has 2 heterocycles. The molecule has 0 aromatic heterocycles. The summed E-state index contributed by atoms with van der Waals surface area (Å²) in [5.74, 6) is 0.901. The number of rotatable bonds is 4. The number of amides is 2. The zero-order valence-corrected chi connectivity index (χ0v) is 15.2. The van der Waals surface area contributed by atoms with E-state index in [2.05, 4.69) is 0 Å². The van der Waals surface area contributed by atoms with Crippen molar-refractivity contribution < 1.29 is 14.3 Å². The molecule has 0 atom stereocenters. The Labute approximate surface area is 153 Å². The maximum absolute atomic E-state index is 12.6. The molecule has 2 fully saturated rings. The quantitative estimate of drug-likeness (QED) is 0.825. The summed E-state index contributed by atoms with van der Waals surface area (Å²) in [6.45, 7) is 3.05. The van der Waals surface area contributed by atoms with Crippen LogP contribution in [0.5, 0.6) is 5.75 Å². The molecule has 2 aliphatic rings. The van der Waals surface area contributed by atoms with Crippen molar-refractivity contribution in [3.8, 4) is 5.75 Å². The molecular weight excluding hydrogens is 340 g/mol. The van der Waals surface area contributed by atoms with Gasteiger partial charge in [-0.2, -0.15) is 0 Å². The van der Waals surface area contributed by atoms with Crippen molar-refractivity contribution >= 4 is 23.4 Å². The Morgan fingerprint density at radius 1 is 1.04 bits per heavy atom. The SMILES string of the molecule is O=C(COc1cccc(Cl)c1)N1CCC(C(=O)N2CCCCC2)CC1. The van der Waals surface area contributed by atoms with Gasteiger partial charge in [0.25, 0.3) is 5.91 Å². The topological polar surface area (TPSA) is 49.9 Å². The van der Waals surface area contributed by atoms with E-state index in [1.54, 1.807) is 29.2 Å². The normalized spacial score (nSPS) is 18.9. The van der Waals surface area contributed by atoms with Crippen LogP contribution < -0.4 is 4.74 Å². The lowest BCUT2D eigenvalue weighted by atomic mass is 9.94. The summed E-state index contributed by atoms with van der Waals surface area (Å²) in [6.07, 6.45) is 4.95. The van der Waals surface area contributed by atoms with Crippen molar-refractivity contribution in [2.45, 2.75) is 32.1 Å². The van der Waals surface area contributed by atoms with E-state index in [4.69, 9.17) is 16.3 Å². The van der Waals surface area contributed by atoms with Gasteiger partial charge in [0.2, 0.25) is 5.91 Å². The first-order chi connectivity index (χ1) is 12.1. The van der Waals surface area contributed by atoms with Gasteiger partial charge in [0.05, 0.1) is 0 Å². The summed E-state index contributed by atoms with van der Waals surface area (Å²) >= 11 is 5.91. The predicted molar refractivity (Wildman–Crippen MR) is 96.7 cm³/mol. The number of likely N-dealkylation sites (tertiary alicyclic amines) is 2. The van der Waals surface area contributed by atoms with Gasteiger partial charge in [-0.15, -0.1) is 0 Å². The van der Waals surface area contributed by atoms with Gasteiger partial charge >= 0.3 is 0 Å². The summed E-state index contributed by atoms with van der Waals surface area (Å²) in [5, 5.41) is 0.585. The second-order valence-corrected chi connectivity index (χ2v) is 7.22. The van der Waals surface area contributed by atoms with Gasteiger partial charge in [0, 0.05) is 37.1 Å².